The molecule has 0 aromatic carbocycles. The third-order valence-electron chi connectivity index (χ3n) is 2.27. The van der Waals surface area contributed by atoms with Crippen molar-refractivity contribution in [3.63, 3.8) is 0 Å². The molecule has 0 aromatic rings. The smallest absolute Gasteiger partial charge is 0.0637 e. The van der Waals surface area contributed by atoms with Crippen LogP contribution < -0.4 is 5.32 Å². The monoisotopic (exact) mass is 229 g/mol. The second-order valence-corrected chi connectivity index (χ2v) is 5.38. The molecule has 0 saturated carbocycles. The van der Waals surface area contributed by atoms with Gasteiger partial charge in [-0.2, -0.15) is 0 Å². The van der Waals surface area contributed by atoms with E-state index < -0.39 is 0 Å². The van der Waals surface area contributed by atoms with Gasteiger partial charge in [-0.25, -0.2) is 0 Å². The average Bonchev–Trinajstić information content (AvgIpc) is 2.17. The highest BCUT2D eigenvalue weighted by molar-refractivity contribution is 7.99. The highest BCUT2D eigenvalue weighted by atomic mass is 32.2. The number of hydrogen-bond acceptors (Lipinski definition) is 3. The molecule has 0 aliphatic carbocycles. The van der Waals surface area contributed by atoms with Gasteiger partial charge in [-0.3, -0.25) is 0 Å². The van der Waals surface area contributed by atoms with Gasteiger partial charge >= 0.3 is 0 Å². The lowest BCUT2D eigenvalue weighted by molar-refractivity contribution is 0.00876. The molecule has 0 bridgehead atoms. The first-order chi connectivity index (χ1) is 7.02. The van der Waals surface area contributed by atoms with Gasteiger partial charge in [-0.1, -0.05) is 5.92 Å². The Morgan fingerprint density at radius 2 is 2.20 bits per heavy atom. The lowest BCUT2D eigenvalue weighted by atomic mass is 10.00. The molecule has 3 heteroatoms. The van der Waals surface area contributed by atoms with Gasteiger partial charge in [0.2, 0.25) is 0 Å². The molecule has 2 nitrogen and oxygen atoms in total. The van der Waals surface area contributed by atoms with E-state index in [0.717, 1.165) is 24.5 Å². The van der Waals surface area contributed by atoms with Crippen molar-refractivity contribution in [1.82, 2.24) is 5.32 Å². The second kappa shape index (κ2) is 8.04. The minimum Gasteiger partial charge on any atom is -0.379 e. The topological polar surface area (TPSA) is 21.3 Å². The lowest BCUT2D eigenvalue weighted by Gasteiger charge is -2.27. The van der Waals surface area contributed by atoms with E-state index in [2.05, 4.69) is 32.0 Å². The van der Waals surface area contributed by atoms with E-state index in [1.807, 2.05) is 0 Å². The van der Waals surface area contributed by atoms with Crippen molar-refractivity contribution in [2.75, 3.05) is 25.2 Å². The lowest BCUT2D eigenvalue weighted by Crippen LogP contribution is -2.36. The van der Waals surface area contributed by atoms with Crippen LogP contribution in [0.25, 0.3) is 0 Å². The van der Waals surface area contributed by atoms with Gasteiger partial charge in [0.1, 0.15) is 0 Å². The van der Waals surface area contributed by atoms with Gasteiger partial charge < -0.3 is 10.1 Å². The summed E-state index contributed by atoms with van der Waals surface area (Å²) in [7, 11) is 1.76. The van der Waals surface area contributed by atoms with Crippen molar-refractivity contribution >= 4 is 11.8 Å². The van der Waals surface area contributed by atoms with E-state index in [1.165, 1.54) is 0 Å². The third-order valence-corrected chi connectivity index (χ3v) is 3.14. The Balaban J connectivity index is 3.50. The van der Waals surface area contributed by atoms with Crippen LogP contribution in [-0.2, 0) is 4.74 Å². The minimum absolute atomic E-state index is 0.0433. The number of thioether (sulfide) groups is 1. The molecule has 0 aromatic heterocycles. The summed E-state index contributed by atoms with van der Waals surface area (Å²) in [6.07, 6.45) is 6.18. The largest absolute Gasteiger partial charge is 0.379 e. The van der Waals surface area contributed by atoms with Crippen molar-refractivity contribution in [3.05, 3.63) is 0 Å². The Morgan fingerprint density at radius 3 is 2.73 bits per heavy atom. The number of ether oxygens (including phenoxy) is 1. The Hall–Kier alpha value is -0.170. The first-order valence-electron chi connectivity index (χ1n) is 5.31. The fraction of sp³-hybridized carbons (Fsp3) is 0.833. The zero-order valence-corrected chi connectivity index (χ0v) is 11.1. The molecule has 0 aliphatic heterocycles. The summed E-state index contributed by atoms with van der Waals surface area (Å²) in [5.41, 5.74) is -0.0433. The van der Waals surface area contributed by atoms with Gasteiger partial charge in [0.25, 0.3) is 0 Å². The molecule has 1 atom stereocenters. The molecule has 15 heavy (non-hydrogen) atoms. The maximum atomic E-state index is 5.38. The van der Waals surface area contributed by atoms with Crippen LogP contribution in [0.15, 0.2) is 0 Å². The zero-order chi connectivity index (χ0) is 11.7. The Morgan fingerprint density at radius 1 is 1.53 bits per heavy atom. The summed E-state index contributed by atoms with van der Waals surface area (Å²) in [6, 6.07) is 0.478. The quantitative estimate of drug-likeness (QED) is 0.509. The highest BCUT2D eigenvalue weighted by Gasteiger charge is 2.19. The van der Waals surface area contributed by atoms with Crippen molar-refractivity contribution in [3.8, 4) is 12.3 Å². The van der Waals surface area contributed by atoms with Gasteiger partial charge in [0.05, 0.1) is 11.4 Å². The predicted octanol–water partition coefficient (Wildman–Crippen LogP) is 2.15. The molecule has 0 amide bonds. The van der Waals surface area contributed by atoms with Crippen molar-refractivity contribution < 1.29 is 4.74 Å². The summed E-state index contributed by atoms with van der Waals surface area (Å²) < 4.78 is 5.38. The van der Waals surface area contributed by atoms with Crippen molar-refractivity contribution in [1.29, 1.82) is 0 Å². The van der Waals surface area contributed by atoms with E-state index in [4.69, 9.17) is 11.2 Å². The van der Waals surface area contributed by atoms with Crippen molar-refractivity contribution in [2.45, 2.75) is 38.8 Å². The molecule has 0 aliphatic rings. The van der Waals surface area contributed by atoms with Crippen LogP contribution in [0.5, 0.6) is 0 Å². The first-order valence-corrected chi connectivity index (χ1v) is 6.47. The maximum Gasteiger partial charge on any atom is 0.0637 e. The molecule has 0 heterocycles. The van der Waals surface area contributed by atoms with Crippen LogP contribution in [0.4, 0.5) is 0 Å². The molecule has 0 fully saturated rings. The van der Waals surface area contributed by atoms with Crippen LogP contribution in [0, 0.1) is 12.3 Å². The van der Waals surface area contributed by atoms with E-state index in [1.54, 1.807) is 18.9 Å². The maximum absolute atomic E-state index is 5.38. The standard InChI is InChI=1S/C12H23NOS/c1-6-8-15-9-7-13-11(2)10-12(3,4)14-5/h1,11,13H,7-10H2,2-5H3. The van der Waals surface area contributed by atoms with Crippen LogP contribution in [-0.4, -0.2) is 36.8 Å². The molecule has 0 spiro atoms. The molecule has 0 saturated heterocycles. The number of terminal acetylenes is 1. The summed E-state index contributed by atoms with van der Waals surface area (Å²) in [6.45, 7) is 7.41. The first kappa shape index (κ1) is 14.8. The van der Waals surface area contributed by atoms with E-state index in [-0.39, 0.29) is 5.60 Å². The molecular formula is C12H23NOS. The van der Waals surface area contributed by atoms with Crippen LogP contribution in [0.3, 0.4) is 0 Å². The zero-order valence-electron chi connectivity index (χ0n) is 10.3. The third kappa shape index (κ3) is 8.80. The van der Waals surface area contributed by atoms with Gasteiger partial charge in [-0.05, 0) is 27.2 Å². The number of methoxy groups -OCH3 is 1. The minimum atomic E-state index is -0.0433. The molecular weight excluding hydrogens is 206 g/mol. The second-order valence-electron chi connectivity index (χ2n) is 4.28. The normalized spacial score (nSPS) is 13.5. The average molecular weight is 229 g/mol. The SMILES string of the molecule is C#CCSCCNC(C)CC(C)(C)OC. The van der Waals surface area contributed by atoms with Crippen LogP contribution in [0.2, 0.25) is 0 Å². The molecule has 0 rings (SSSR count). The number of rotatable bonds is 8. The predicted molar refractivity (Wildman–Crippen MR) is 69.3 cm³/mol. The molecule has 1 N–H and O–H groups in total. The van der Waals surface area contributed by atoms with Crippen molar-refractivity contribution in [2.24, 2.45) is 0 Å². The van der Waals surface area contributed by atoms with Gasteiger partial charge in [0.15, 0.2) is 0 Å². The van der Waals surface area contributed by atoms with Crippen LogP contribution in [0.1, 0.15) is 27.2 Å². The Bertz CT molecular complexity index is 198. The van der Waals surface area contributed by atoms with E-state index in [0.29, 0.717) is 6.04 Å². The number of hydrogen-bond donors (Lipinski definition) is 1. The Labute approximate surface area is 98.5 Å². The number of nitrogens with one attached hydrogen (secondary N) is 1. The molecule has 0 radical (unpaired) electrons. The molecule has 88 valence electrons. The Kier molecular flexibility index (Phi) is 7.95. The molecule has 1 unspecified atom stereocenters. The highest BCUT2D eigenvalue weighted by Crippen LogP contribution is 2.15. The summed E-state index contributed by atoms with van der Waals surface area (Å²) in [5, 5.41) is 3.46. The van der Waals surface area contributed by atoms with E-state index >= 15 is 0 Å². The fourth-order valence-corrected chi connectivity index (χ4v) is 1.93. The fourth-order valence-electron chi connectivity index (χ4n) is 1.40. The van der Waals surface area contributed by atoms with Crippen LogP contribution >= 0.6 is 11.8 Å². The van der Waals surface area contributed by atoms with E-state index in [9.17, 15) is 0 Å². The summed E-state index contributed by atoms with van der Waals surface area (Å²) in [4.78, 5) is 0. The summed E-state index contributed by atoms with van der Waals surface area (Å²) in [5.74, 6) is 4.49. The summed E-state index contributed by atoms with van der Waals surface area (Å²) >= 11 is 1.79. The van der Waals surface area contributed by atoms with Gasteiger partial charge in [0, 0.05) is 25.4 Å². The van der Waals surface area contributed by atoms with Gasteiger partial charge in [-0.15, -0.1) is 18.2 Å².